The average Bonchev–Trinajstić information content (AvgIpc) is 2.30. The average molecular weight is 289 g/mol. The second-order valence-electron chi connectivity index (χ2n) is 3.93. The number of hydrogen-bond donors (Lipinski definition) is 2. The summed E-state index contributed by atoms with van der Waals surface area (Å²) in [5.41, 5.74) is -0.696. The van der Waals surface area contributed by atoms with E-state index in [-0.39, 0.29) is 21.9 Å². The van der Waals surface area contributed by atoms with Crippen molar-refractivity contribution < 1.29 is 23.4 Å². The van der Waals surface area contributed by atoms with Crippen LogP contribution in [0.25, 0.3) is 11.1 Å². The molecule has 2 nitrogen and oxygen atoms in total. The van der Waals surface area contributed by atoms with E-state index in [1.54, 1.807) is 0 Å². The highest BCUT2D eigenvalue weighted by molar-refractivity contribution is 6.33. The summed E-state index contributed by atoms with van der Waals surface area (Å²) in [6.07, 6.45) is -4.57. The minimum absolute atomic E-state index is 0.0771. The molecule has 2 N–H and O–H groups in total. The van der Waals surface area contributed by atoms with Gasteiger partial charge in [0.15, 0.2) is 0 Å². The summed E-state index contributed by atoms with van der Waals surface area (Å²) < 4.78 is 37.9. The van der Waals surface area contributed by atoms with Crippen molar-refractivity contribution in [3.05, 3.63) is 47.0 Å². The second-order valence-corrected chi connectivity index (χ2v) is 4.34. The maximum absolute atomic E-state index is 12.6. The zero-order chi connectivity index (χ0) is 14.2. The Morgan fingerprint density at radius 1 is 0.895 bits per heavy atom. The predicted molar refractivity (Wildman–Crippen MR) is 65.2 cm³/mol. The molecule has 0 aliphatic carbocycles. The van der Waals surface area contributed by atoms with E-state index in [4.69, 9.17) is 11.6 Å². The zero-order valence-corrected chi connectivity index (χ0v) is 10.1. The van der Waals surface area contributed by atoms with Crippen LogP contribution in [0.3, 0.4) is 0 Å². The lowest BCUT2D eigenvalue weighted by molar-refractivity contribution is -0.137. The van der Waals surface area contributed by atoms with Gasteiger partial charge in [0.25, 0.3) is 0 Å². The SMILES string of the molecule is Oc1cc(-c2cc(O)ccc2Cl)cc(C(F)(F)F)c1. The van der Waals surface area contributed by atoms with Gasteiger partial charge >= 0.3 is 6.18 Å². The van der Waals surface area contributed by atoms with E-state index in [1.165, 1.54) is 18.2 Å². The summed E-state index contributed by atoms with van der Waals surface area (Å²) in [5.74, 6) is -0.652. The van der Waals surface area contributed by atoms with Crippen LogP contribution in [0.4, 0.5) is 13.2 Å². The van der Waals surface area contributed by atoms with Crippen LogP contribution < -0.4 is 0 Å². The van der Waals surface area contributed by atoms with Gasteiger partial charge in [-0.2, -0.15) is 13.2 Å². The molecule has 0 aliphatic rings. The van der Waals surface area contributed by atoms with Gasteiger partial charge in [0.05, 0.1) is 5.56 Å². The molecular weight excluding hydrogens is 281 g/mol. The van der Waals surface area contributed by atoms with Gasteiger partial charge < -0.3 is 10.2 Å². The molecule has 0 amide bonds. The highest BCUT2D eigenvalue weighted by Crippen LogP contribution is 2.38. The maximum Gasteiger partial charge on any atom is 0.416 e. The number of benzene rings is 2. The Morgan fingerprint density at radius 3 is 2.21 bits per heavy atom. The molecule has 2 rings (SSSR count). The molecule has 2 aromatic carbocycles. The van der Waals surface area contributed by atoms with E-state index in [0.29, 0.717) is 6.07 Å². The van der Waals surface area contributed by atoms with Gasteiger partial charge in [0.1, 0.15) is 11.5 Å². The molecule has 6 heteroatoms. The van der Waals surface area contributed by atoms with Crippen LogP contribution in [0.1, 0.15) is 5.56 Å². The highest BCUT2D eigenvalue weighted by atomic mass is 35.5. The van der Waals surface area contributed by atoms with E-state index in [0.717, 1.165) is 12.1 Å². The predicted octanol–water partition coefficient (Wildman–Crippen LogP) is 4.44. The van der Waals surface area contributed by atoms with E-state index in [1.807, 2.05) is 0 Å². The topological polar surface area (TPSA) is 40.5 Å². The Labute approximate surface area is 111 Å². The van der Waals surface area contributed by atoms with Gasteiger partial charge in [-0.1, -0.05) is 11.6 Å². The van der Waals surface area contributed by atoms with Crippen molar-refractivity contribution in [2.45, 2.75) is 6.18 Å². The Bertz CT molecular complexity index is 624. The molecule has 0 bridgehead atoms. The summed E-state index contributed by atoms with van der Waals surface area (Å²) in [5, 5.41) is 18.9. The summed E-state index contributed by atoms with van der Waals surface area (Å²) in [6, 6.07) is 6.55. The van der Waals surface area contributed by atoms with E-state index >= 15 is 0 Å². The van der Waals surface area contributed by atoms with Crippen LogP contribution in [-0.2, 0) is 6.18 Å². The van der Waals surface area contributed by atoms with Crippen molar-refractivity contribution in [2.24, 2.45) is 0 Å². The van der Waals surface area contributed by atoms with Crippen molar-refractivity contribution in [1.29, 1.82) is 0 Å². The van der Waals surface area contributed by atoms with Crippen LogP contribution in [0.2, 0.25) is 5.02 Å². The third kappa shape index (κ3) is 2.93. The lowest BCUT2D eigenvalue weighted by Crippen LogP contribution is -2.04. The van der Waals surface area contributed by atoms with Gasteiger partial charge in [0, 0.05) is 10.6 Å². The Balaban J connectivity index is 2.63. The molecule has 0 unspecified atom stereocenters. The first-order chi connectivity index (χ1) is 8.77. The fraction of sp³-hybridized carbons (Fsp3) is 0.0769. The molecular formula is C13H8ClF3O2. The fourth-order valence-corrected chi connectivity index (χ4v) is 1.89. The first-order valence-corrected chi connectivity index (χ1v) is 5.55. The van der Waals surface area contributed by atoms with Crippen molar-refractivity contribution in [1.82, 2.24) is 0 Å². The van der Waals surface area contributed by atoms with Crippen LogP contribution in [0, 0.1) is 0 Å². The van der Waals surface area contributed by atoms with Gasteiger partial charge in [0.2, 0.25) is 0 Å². The minimum Gasteiger partial charge on any atom is -0.508 e. The number of phenolic OH excluding ortho intramolecular Hbond substituents is 2. The molecule has 0 atom stereocenters. The quantitative estimate of drug-likeness (QED) is 0.814. The van der Waals surface area contributed by atoms with Crippen molar-refractivity contribution >= 4 is 11.6 Å². The summed E-state index contributed by atoms with van der Waals surface area (Å²) in [6.45, 7) is 0. The normalized spacial score (nSPS) is 11.6. The first kappa shape index (κ1) is 13.5. The van der Waals surface area contributed by atoms with Crippen molar-refractivity contribution in [3.63, 3.8) is 0 Å². The summed E-state index contributed by atoms with van der Waals surface area (Å²) in [4.78, 5) is 0. The van der Waals surface area contributed by atoms with E-state index < -0.39 is 17.5 Å². The van der Waals surface area contributed by atoms with Crippen LogP contribution >= 0.6 is 11.6 Å². The van der Waals surface area contributed by atoms with Gasteiger partial charge in [-0.25, -0.2) is 0 Å². The number of phenols is 2. The number of halogens is 4. The molecule has 100 valence electrons. The maximum atomic E-state index is 12.6. The largest absolute Gasteiger partial charge is 0.508 e. The molecule has 0 saturated carbocycles. The number of alkyl halides is 3. The number of aromatic hydroxyl groups is 2. The van der Waals surface area contributed by atoms with Crippen LogP contribution in [0.5, 0.6) is 11.5 Å². The minimum atomic E-state index is -4.57. The van der Waals surface area contributed by atoms with Crippen molar-refractivity contribution in [2.75, 3.05) is 0 Å². The Kier molecular flexibility index (Phi) is 3.32. The Hall–Kier alpha value is -1.88. The van der Waals surface area contributed by atoms with Gasteiger partial charge in [-0.05, 0) is 42.0 Å². The third-order valence-corrected chi connectivity index (χ3v) is 2.84. The monoisotopic (exact) mass is 288 g/mol. The van der Waals surface area contributed by atoms with Gasteiger partial charge in [-0.15, -0.1) is 0 Å². The standard InChI is InChI=1S/C13H8ClF3O2/c14-12-2-1-9(18)6-11(12)7-3-8(13(15,16)17)5-10(19)4-7/h1-6,18-19H. The fourth-order valence-electron chi connectivity index (χ4n) is 1.66. The summed E-state index contributed by atoms with van der Waals surface area (Å²) >= 11 is 5.88. The zero-order valence-electron chi connectivity index (χ0n) is 9.37. The molecule has 0 radical (unpaired) electrons. The molecule has 0 aliphatic heterocycles. The first-order valence-electron chi connectivity index (χ1n) is 5.17. The number of rotatable bonds is 1. The summed E-state index contributed by atoms with van der Waals surface area (Å²) in [7, 11) is 0. The van der Waals surface area contributed by atoms with Crippen molar-refractivity contribution in [3.8, 4) is 22.6 Å². The van der Waals surface area contributed by atoms with E-state index in [9.17, 15) is 23.4 Å². The highest BCUT2D eigenvalue weighted by Gasteiger charge is 2.31. The smallest absolute Gasteiger partial charge is 0.416 e. The molecule has 0 spiro atoms. The van der Waals surface area contributed by atoms with E-state index in [2.05, 4.69) is 0 Å². The second kappa shape index (κ2) is 4.66. The lowest BCUT2D eigenvalue weighted by Gasteiger charge is -2.11. The van der Waals surface area contributed by atoms with Crippen LogP contribution in [0.15, 0.2) is 36.4 Å². The molecule has 0 aromatic heterocycles. The van der Waals surface area contributed by atoms with Crippen LogP contribution in [-0.4, -0.2) is 10.2 Å². The lowest BCUT2D eigenvalue weighted by atomic mass is 10.0. The molecule has 0 saturated heterocycles. The molecule has 2 aromatic rings. The Morgan fingerprint density at radius 2 is 1.58 bits per heavy atom. The molecule has 0 fully saturated rings. The third-order valence-electron chi connectivity index (χ3n) is 2.51. The molecule has 0 heterocycles. The molecule has 19 heavy (non-hydrogen) atoms. The van der Waals surface area contributed by atoms with Gasteiger partial charge in [-0.3, -0.25) is 0 Å². The number of hydrogen-bond acceptors (Lipinski definition) is 2.